The number of carbonyl (C=O) groups excluding carboxylic acids is 1. The molecule has 5 nitrogen and oxygen atoms in total. The summed E-state index contributed by atoms with van der Waals surface area (Å²) in [6.45, 7) is 4.36. The van der Waals surface area contributed by atoms with E-state index in [4.69, 9.17) is 12.2 Å². The van der Waals surface area contributed by atoms with Crippen LogP contribution in [0.5, 0.6) is 0 Å². The number of aromatic nitrogens is 2. The maximum Gasteiger partial charge on any atom is 0.251 e. The number of hydrogen-bond donors (Lipinski definition) is 2. The number of carbonyl (C=O) groups is 1. The van der Waals surface area contributed by atoms with Crippen LogP contribution in [0, 0.1) is 4.77 Å². The first-order chi connectivity index (χ1) is 7.56. The summed E-state index contributed by atoms with van der Waals surface area (Å²) >= 11 is 4.97. The molecular weight excluding hydrogens is 226 g/mol. The van der Waals surface area contributed by atoms with Crippen molar-refractivity contribution in [3.8, 4) is 0 Å². The van der Waals surface area contributed by atoms with E-state index in [1.165, 1.54) is 12.3 Å². The third-order valence-corrected chi connectivity index (χ3v) is 2.51. The summed E-state index contributed by atoms with van der Waals surface area (Å²) in [7, 11) is 0. The molecule has 0 radical (unpaired) electrons. The van der Waals surface area contributed by atoms with Crippen LogP contribution in [0.15, 0.2) is 17.1 Å². The van der Waals surface area contributed by atoms with E-state index in [1.54, 1.807) is 11.5 Å². The molecule has 0 spiro atoms. The summed E-state index contributed by atoms with van der Waals surface area (Å²) in [5.41, 5.74) is -0.262. The standard InChI is InChI=1S/C10H15N3O2S/c1-3-5-11-9(15)7(2)13-6-4-8(14)12-10(13)16/h4,6-7H,3,5H2,1-2H3,(H,11,15)(H,12,14,16). The van der Waals surface area contributed by atoms with E-state index in [0.29, 0.717) is 6.54 Å². The van der Waals surface area contributed by atoms with Crippen molar-refractivity contribution in [1.82, 2.24) is 14.9 Å². The van der Waals surface area contributed by atoms with Crippen LogP contribution in [0.4, 0.5) is 0 Å². The first-order valence-corrected chi connectivity index (χ1v) is 5.56. The molecule has 0 bridgehead atoms. The number of amides is 1. The monoisotopic (exact) mass is 241 g/mol. The lowest BCUT2D eigenvalue weighted by Gasteiger charge is -2.14. The van der Waals surface area contributed by atoms with Gasteiger partial charge in [-0.3, -0.25) is 14.6 Å². The van der Waals surface area contributed by atoms with E-state index in [-0.39, 0.29) is 16.2 Å². The molecule has 1 rings (SSSR count). The summed E-state index contributed by atoms with van der Waals surface area (Å²) < 4.78 is 1.81. The first kappa shape index (κ1) is 12.6. The Hall–Kier alpha value is -1.43. The van der Waals surface area contributed by atoms with Crippen molar-refractivity contribution >= 4 is 18.1 Å². The van der Waals surface area contributed by atoms with Crippen molar-refractivity contribution in [2.24, 2.45) is 0 Å². The Morgan fingerprint density at radius 3 is 2.94 bits per heavy atom. The molecule has 0 saturated carbocycles. The van der Waals surface area contributed by atoms with E-state index < -0.39 is 6.04 Å². The van der Waals surface area contributed by atoms with Crippen LogP contribution < -0.4 is 10.9 Å². The van der Waals surface area contributed by atoms with Crippen LogP contribution in [0.1, 0.15) is 26.3 Å². The number of rotatable bonds is 4. The first-order valence-electron chi connectivity index (χ1n) is 5.15. The Morgan fingerprint density at radius 2 is 2.38 bits per heavy atom. The second-order valence-electron chi connectivity index (χ2n) is 3.48. The molecular formula is C10H15N3O2S. The van der Waals surface area contributed by atoms with Gasteiger partial charge in [0.1, 0.15) is 6.04 Å². The molecule has 1 heterocycles. The topological polar surface area (TPSA) is 66.9 Å². The predicted molar refractivity (Wildman–Crippen MR) is 63.9 cm³/mol. The zero-order valence-corrected chi connectivity index (χ0v) is 10.1. The largest absolute Gasteiger partial charge is 0.354 e. The van der Waals surface area contributed by atoms with Crippen molar-refractivity contribution in [3.05, 3.63) is 27.4 Å². The number of nitrogens with zero attached hydrogens (tertiary/aromatic N) is 1. The van der Waals surface area contributed by atoms with Crippen molar-refractivity contribution in [2.45, 2.75) is 26.3 Å². The highest BCUT2D eigenvalue weighted by Gasteiger charge is 2.13. The molecule has 1 atom stereocenters. The molecule has 1 aromatic rings. The average Bonchev–Trinajstić information content (AvgIpc) is 2.25. The smallest absolute Gasteiger partial charge is 0.251 e. The van der Waals surface area contributed by atoms with Crippen LogP contribution in [0.25, 0.3) is 0 Å². The number of H-pyrrole nitrogens is 1. The fourth-order valence-electron chi connectivity index (χ4n) is 1.25. The fraction of sp³-hybridized carbons (Fsp3) is 0.500. The van der Waals surface area contributed by atoms with Crippen molar-refractivity contribution < 1.29 is 4.79 Å². The summed E-state index contributed by atoms with van der Waals surface area (Å²) in [5, 5.41) is 2.77. The fourth-order valence-corrected chi connectivity index (χ4v) is 1.57. The highest BCUT2D eigenvalue weighted by Crippen LogP contribution is 2.04. The van der Waals surface area contributed by atoms with Gasteiger partial charge in [0.15, 0.2) is 4.77 Å². The summed E-state index contributed by atoms with van der Waals surface area (Å²) in [4.78, 5) is 25.1. The van der Waals surface area contributed by atoms with Gasteiger partial charge < -0.3 is 9.88 Å². The summed E-state index contributed by atoms with van der Waals surface area (Å²) in [5.74, 6) is -0.106. The average molecular weight is 241 g/mol. The summed E-state index contributed by atoms with van der Waals surface area (Å²) in [6.07, 6.45) is 2.41. The molecule has 1 amide bonds. The van der Waals surface area contributed by atoms with Crippen LogP contribution >= 0.6 is 12.2 Å². The zero-order chi connectivity index (χ0) is 12.1. The van der Waals surface area contributed by atoms with Gasteiger partial charge >= 0.3 is 0 Å². The molecule has 0 aliphatic rings. The highest BCUT2D eigenvalue weighted by atomic mass is 32.1. The highest BCUT2D eigenvalue weighted by molar-refractivity contribution is 7.71. The van der Waals surface area contributed by atoms with Crippen LogP contribution in [0.2, 0.25) is 0 Å². The zero-order valence-electron chi connectivity index (χ0n) is 9.32. The number of nitrogens with one attached hydrogen (secondary N) is 2. The lowest BCUT2D eigenvalue weighted by Crippen LogP contribution is -2.32. The minimum Gasteiger partial charge on any atom is -0.354 e. The molecule has 0 aliphatic heterocycles. The maximum atomic E-state index is 11.7. The van der Waals surface area contributed by atoms with Gasteiger partial charge in [-0.25, -0.2) is 0 Å². The number of hydrogen-bond acceptors (Lipinski definition) is 3. The van der Waals surface area contributed by atoms with Crippen LogP contribution in [0.3, 0.4) is 0 Å². The Balaban J connectivity index is 2.88. The molecule has 0 aliphatic carbocycles. The third-order valence-electron chi connectivity index (χ3n) is 2.20. The molecule has 0 fully saturated rings. The Bertz CT molecular complexity index is 477. The Morgan fingerprint density at radius 1 is 1.69 bits per heavy atom. The molecule has 0 aromatic carbocycles. The lowest BCUT2D eigenvalue weighted by molar-refractivity contribution is -0.123. The third kappa shape index (κ3) is 3.03. The predicted octanol–water partition coefficient (Wildman–Crippen LogP) is 0.993. The van der Waals surface area contributed by atoms with Crippen molar-refractivity contribution in [1.29, 1.82) is 0 Å². The van der Waals surface area contributed by atoms with E-state index in [2.05, 4.69) is 10.3 Å². The second-order valence-corrected chi connectivity index (χ2v) is 3.87. The van der Waals surface area contributed by atoms with Crippen molar-refractivity contribution in [2.75, 3.05) is 6.54 Å². The molecule has 1 aromatic heterocycles. The van der Waals surface area contributed by atoms with Crippen molar-refractivity contribution in [3.63, 3.8) is 0 Å². The van der Waals surface area contributed by atoms with Gasteiger partial charge in [-0.2, -0.15) is 0 Å². The van der Waals surface area contributed by atoms with Gasteiger partial charge in [-0.15, -0.1) is 0 Å². The molecule has 16 heavy (non-hydrogen) atoms. The molecule has 1 unspecified atom stereocenters. The van der Waals surface area contributed by atoms with Crippen LogP contribution in [-0.4, -0.2) is 22.0 Å². The maximum absolute atomic E-state index is 11.7. The summed E-state index contributed by atoms with van der Waals surface area (Å²) in [6, 6.07) is 0.926. The molecule has 2 N–H and O–H groups in total. The molecule has 88 valence electrons. The quantitative estimate of drug-likeness (QED) is 0.773. The van der Waals surface area contributed by atoms with Gasteiger partial charge in [0.05, 0.1) is 0 Å². The number of aromatic amines is 1. The van der Waals surface area contributed by atoms with Gasteiger partial charge in [-0.05, 0) is 25.6 Å². The van der Waals surface area contributed by atoms with Crippen LogP contribution in [-0.2, 0) is 4.79 Å². The SMILES string of the molecule is CCCNC(=O)C(C)n1ccc(=O)[nH]c1=S. The molecule has 6 heteroatoms. The van der Waals surface area contributed by atoms with Gasteiger partial charge in [-0.1, -0.05) is 6.92 Å². The van der Waals surface area contributed by atoms with E-state index >= 15 is 0 Å². The second kappa shape index (κ2) is 5.60. The van der Waals surface area contributed by atoms with Gasteiger partial charge in [0.25, 0.3) is 5.56 Å². The van der Waals surface area contributed by atoms with Gasteiger partial charge in [0.2, 0.25) is 5.91 Å². The van der Waals surface area contributed by atoms with E-state index in [1.807, 2.05) is 6.92 Å². The van der Waals surface area contributed by atoms with Gasteiger partial charge in [0, 0.05) is 18.8 Å². The normalized spacial score (nSPS) is 12.1. The molecule has 0 saturated heterocycles. The lowest BCUT2D eigenvalue weighted by atomic mass is 10.3. The minimum atomic E-state index is -0.420. The van der Waals surface area contributed by atoms with E-state index in [0.717, 1.165) is 6.42 Å². The Kier molecular flexibility index (Phi) is 4.42. The van der Waals surface area contributed by atoms with E-state index in [9.17, 15) is 9.59 Å². The Labute approximate surface area is 98.5 Å². The minimum absolute atomic E-state index is 0.106.